The van der Waals surface area contributed by atoms with Crippen LogP contribution < -0.4 is 14.8 Å². The first kappa shape index (κ1) is 14.9. The van der Waals surface area contributed by atoms with Gasteiger partial charge in [0.2, 0.25) is 0 Å². The molecule has 0 atom stereocenters. The molecule has 1 heterocycles. The molecule has 108 valence electrons. The van der Waals surface area contributed by atoms with Crippen LogP contribution in [0.15, 0.2) is 36.4 Å². The molecule has 20 heavy (non-hydrogen) atoms. The summed E-state index contributed by atoms with van der Waals surface area (Å²) in [6, 6.07) is 12.5. The van der Waals surface area contributed by atoms with E-state index in [0.29, 0.717) is 12.6 Å². The van der Waals surface area contributed by atoms with Crippen LogP contribution in [-0.4, -0.2) is 13.2 Å². The highest BCUT2D eigenvalue weighted by Gasteiger charge is 2.05. The lowest BCUT2D eigenvalue weighted by atomic mass is 10.3. The highest BCUT2D eigenvalue weighted by molar-refractivity contribution is 7.11. The zero-order valence-electron chi connectivity index (χ0n) is 12.2. The molecule has 0 bridgehead atoms. The molecule has 0 saturated heterocycles. The van der Waals surface area contributed by atoms with Crippen molar-refractivity contribution in [2.75, 3.05) is 7.11 Å². The van der Waals surface area contributed by atoms with Crippen molar-refractivity contribution >= 4 is 11.3 Å². The van der Waals surface area contributed by atoms with E-state index in [9.17, 15) is 0 Å². The van der Waals surface area contributed by atoms with Gasteiger partial charge in [-0.25, -0.2) is 0 Å². The third-order valence-electron chi connectivity index (χ3n) is 2.84. The number of hydrogen-bond donors (Lipinski definition) is 1. The van der Waals surface area contributed by atoms with Crippen molar-refractivity contribution in [3.63, 3.8) is 0 Å². The van der Waals surface area contributed by atoms with Gasteiger partial charge in [0, 0.05) is 22.3 Å². The van der Waals surface area contributed by atoms with E-state index in [0.717, 1.165) is 18.0 Å². The van der Waals surface area contributed by atoms with Gasteiger partial charge in [0.1, 0.15) is 6.61 Å². The molecule has 0 radical (unpaired) electrons. The summed E-state index contributed by atoms with van der Waals surface area (Å²) in [4.78, 5) is 2.55. The molecule has 0 unspecified atom stereocenters. The summed E-state index contributed by atoms with van der Waals surface area (Å²) in [6.45, 7) is 5.79. The van der Waals surface area contributed by atoms with Crippen LogP contribution in [-0.2, 0) is 13.2 Å². The van der Waals surface area contributed by atoms with Gasteiger partial charge in [-0.1, -0.05) is 26.0 Å². The topological polar surface area (TPSA) is 30.5 Å². The van der Waals surface area contributed by atoms with E-state index in [4.69, 9.17) is 9.47 Å². The summed E-state index contributed by atoms with van der Waals surface area (Å²) >= 11 is 1.78. The second-order valence-electron chi connectivity index (χ2n) is 4.84. The molecular formula is C16H21NO2S. The lowest BCUT2D eigenvalue weighted by Gasteiger charge is -2.09. The van der Waals surface area contributed by atoms with Crippen molar-refractivity contribution in [3.8, 4) is 11.5 Å². The Morgan fingerprint density at radius 3 is 2.45 bits per heavy atom. The first-order valence-corrected chi connectivity index (χ1v) is 7.57. The second-order valence-corrected chi connectivity index (χ2v) is 6.10. The van der Waals surface area contributed by atoms with Crippen LogP contribution in [0.1, 0.15) is 23.6 Å². The number of methoxy groups -OCH3 is 1. The van der Waals surface area contributed by atoms with E-state index in [2.05, 4.69) is 31.3 Å². The predicted molar refractivity (Wildman–Crippen MR) is 83.6 cm³/mol. The fourth-order valence-electron chi connectivity index (χ4n) is 1.79. The van der Waals surface area contributed by atoms with Crippen LogP contribution in [0.25, 0.3) is 0 Å². The summed E-state index contributed by atoms with van der Waals surface area (Å²) in [5.74, 6) is 1.55. The van der Waals surface area contributed by atoms with E-state index >= 15 is 0 Å². The zero-order chi connectivity index (χ0) is 14.4. The Morgan fingerprint density at radius 2 is 1.75 bits per heavy atom. The molecule has 0 aliphatic heterocycles. The molecule has 0 fully saturated rings. The SMILES string of the molecule is COc1ccccc1OCc1ccc(CNC(C)C)s1. The molecule has 0 amide bonds. The summed E-state index contributed by atoms with van der Waals surface area (Å²) in [7, 11) is 1.66. The van der Waals surface area contributed by atoms with Gasteiger partial charge in [0.25, 0.3) is 0 Å². The summed E-state index contributed by atoms with van der Waals surface area (Å²) < 4.78 is 11.1. The minimum Gasteiger partial charge on any atom is -0.493 e. The number of nitrogens with one attached hydrogen (secondary N) is 1. The van der Waals surface area contributed by atoms with Crippen LogP contribution in [0, 0.1) is 0 Å². The van der Waals surface area contributed by atoms with Crippen molar-refractivity contribution in [2.45, 2.75) is 33.0 Å². The smallest absolute Gasteiger partial charge is 0.161 e. The average molecular weight is 291 g/mol. The molecule has 1 aromatic heterocycles. The van der Waals surface area contributed by atoms with Gasteiger partial charge in [-0.2, -0.15) is 0 Å². The number of hydrogen-bond acceptors (Lipinski definition) is 4. The average Bonchev–Trinajstić information content (AvgIpc) is 2.91. The third-order valence-corrected chi connectivity index (χ3v) is 3.90. The number of thiophene rings is 1. The summed E-state index contributed by atoms with van der Waals surface area (Å²) in [5, 5.41) is 3.42. The molecule has 0 aliphatic carbocycles. The monoisotopic (exact) mass is 291 g/mol. The Bertz CT molecular complexity index is 537. The fourth-order valence-corrected chi connectivity index (χ4v) is 2.67. The lowest BCUT2D eigenvalue weighted by molar-refractivity contribution is 0.287. The van der Waals surface area contributed by atoms with E-state index in [1.807, 2.05) is 24.3 Å². The van der Waals surface area contributed by atoms with Crippen molar-refractivity contribution in [1.29, 1.82) is 0 Å². The van der Waals surface area contributed by atoms with Gasteiger partial charge in [-0.15, -0.1) is 11.3 Å². The molecule has 3 nitrogen and oxygen atoms in total. The fraction of sp³-hybridized carbons (Fsp3) is 0.375. The molecule has 0 aliphatic rings. The first-order chi connectivity index (χ1) is 9.69. The number of ether oxygens (including phenoxy) is 2. The number of benzene rings is 1. The maximum absolute atomic E-state index is 5.82. The maximum Gasteiger partial charge on any atom is 0.161 e. The van der Waals surface area contributed by atoms with E-state index in [1.165, 1.54) is 9.75 Å². The minimum atomic E-state index is 0.505. The Balaban J connectivity index is 1.91. The Morgan fingerprint density at radius 1 is 1.05 bits per heavy atom. The van der Waals surface area contributed by atoms with Gasteiger partial charge in [0.05, 0.1) is 7.11 Å². The van der Waals surface area contributed by atoms with E-state index in [-0.39, 0.29) is 0 Å². The minimum absolute atomic E-state index is 0.505. The number of rotatable bonds is 7. The highest BCUT2D eigenvalue weighted by atomic mass is 32.1. The van der Waals surface area contributed by atoms with Crippen LogP contribution in [0.2, 0.25) is 0 Å². The molecule has 0 saturated carbocycles. The Kier molecular flexibility index (Phi) is 5.44. The van der Waals surface area contributed by atoms with Gasteiger partial charge in [0.15, 0.2) is 11.5 Å². The Labute approximate surface area is 124 Å². The molecule has 2 rings (SSSR count). The lowest BCUT2D eigenvalue weighted by Crippen LogP contribution is -2.21. The quantitative estimate of drug-likeness (QED) is 0.841. The van der Waals surface area contributed by atoms with Gasteiger partial charge < -0.3 is 14.8 Å². The normalized spacial score (nSPS) is 10.8. The number of para-hydroxylation sites is 2. The van der Waals surface area contributed by atoms with Crippen LogP contribution in [0.4, 0.5) is 0 Å². The predicted octanol–water partition coefficient (Wildman–Crippen LogP) is 3.83. The summed E-state index contributed by atoms with van der Waals surface area (Å²) in [5.41, 5.74) is 0. The first-order valence-electron chi connectivity index (χ1n) is 6.76. The van der Waals surface area contributed by atoms with Crippen LogP contribution >= 0.6 is 11.3 Å². The maximum atomic E-state index is 5.82. The molecule has 0 spiro atoms. The van der Waals surface area contributed by atoms with Crippen molar-refractivity contribution in [3.05, 3.63) is 46.2 Å². The van der Waals surface area contributed by atoms with Crippen molar-refractivity contribution < 1.29 is 9.47 Å². The largest absolute Gasteiger partial charge is 0.493 e. The second kappa shape index (κ2) is 7.31. The molecule has 1 N–H and O–H groups in total. The Hall–Kier alpha value is -1.52. The molecular weight excluding hydrogens is 270 g/mol. The molecule has 1 aromatic carbocycles. The summed E-state index contributed by atoms with van der Waals surface area (Å²) in [6.07, 6.45) is 0. The van der Waals surface area contributed by atoms with Crippen molar-refractivity contribution in [1.82, 2.24) is 5.32 Å². The standard InChI is InChI=1S/C16H21NO2S/c1-12(2)17-10-13-8-9-14(20-13)11-19-16-7-5-4-6-15(16)18-3/h4-9,12,17H,10-11H2,1-3H3. The molecule has 4 heteroatoms. The molecule has 2 aromatic rings. The van der Waals surface area contributed by atoms with Crippen molar-refractivity contribution in [2.24, 2.45) is 0 Å². The third kappa shape index (κ3) is 4.25. The van der Waals surface area contributed by atoms with Gasteiger partial charge >= 0.3 is 0 Å². The van der Waals surface area contributed by atoms with E-state index < -0.39 is 0 Å². The van der Waals surface area contributed by atoms with E-state index in [1.54, 1.807) is 18.4 Å². The van der Waals surface area contributed by atoms with Crippen LogP contribution in [0.5, 0.6) is 11.5 Å². The van der Waals surface area contributed by atoms with Gasteiger partial charge in [-0.3, -0.25) is 0 Å². The highest BCUT2D eigenvalue weighted by Crippen LogP contribution is 2.27. The van der Waals surface area contributed by atoms with Crippen LogP contribution in [0.3, 0.4) is 0 Å². The van der Waals surface area contributed by atoms with Gasteiger partial charge in [-0.05, 0) is 24.3 Å². The zero-order valence-corrected chi connectivity index (χ0v) is 13.0.